The summed E-state index contributed by atoms with van der Waals surface area (Å²) in [6, 6.07) is 10.9. The van der Waals surface area contributed by atoms with Gasteiger partial charge in [-0.3, -0.25) is 20.4 Å². The van der Waals surface area contributed by atoms with Crippen LogP contribution in [0.4, 0.5) is 5.69 Å². The molecule has 0 aliphatic rings. The Morgan fingerprint density at radius 3 is 2.64 bits per heavy atom. The number of hydrogen-bond acceptors (Lipinski definition) is 4. The highest BCUT2D eigenvalue weighted by molar-refractivity contribution is 7.10. The number of amides is 2. The molecule has 0 spiro atoms. The molecule has 1 heterocycles. The van der Waals surface area contributed by atoms with Gasteiger partial charge in [0.05, 0.1) is 0 Å². The third-order valence-electron chi connectivity index (χ3n) is 2.87. The molecule has 6 heteroatoms. The Kier molecular flexibility index (Phi) is 5.32. The molecule has 2 rings (SSSR count). The second-order valence-electron chi connectivity index (χ2n) is 4.74. The number of nitrogens with zero attached hydrogens (tertiary/aromatic N) is 1. The van der Waals surface area contributed by atoms with Crippen LogP contribution >= 0.6 is 11.3 Å². The molecule has 2 amide bonds. The van der Waals surface area contributed by atoms with E-state index >= 15 is 0 Å². The van der Waals surface area contributed by atoms with Gasteiger partial charge in [-0.25, -0.2) is 0 Å². The van der Waals surface area contributed by atoms with E-state index in [-0.39, 0.29) is 11.8 Å². The maximum atomic E-state index is 12.0. The normalized spacial score (nSPS) is 10.5. The van der Waals surface area contributed by atoms with E-state index in [2.05, 4.69) is 10.9 Å². The number of benzene rings is 1. The van der Waals surface area contributed by atoms with Crippen LogP contribution in [0.15, 0.2) is 47.9 Å². The minimum absolute atomic E-state index is 0.360. The maximum Gasteiger partial charge on any atom is 0.269 e. The summed E-state index contributed by atoms with van der Waals surface area (Å²) in [7, 11) is 3.79. The highest BCUT2D eigenvalue weighted by Crippen LogP contribution is 2.13. The molecule has 0 fully saturated rings. The van der Waals surface area contributed by atoms with Gasteiger partial charge in [0.25, 0.3) is 11.8 Å². The second-order valence-corrected chi connectivity index (χ2v) is 5.72. The Hall–Kier alpha value is -2.60. The summed E-state index contributed by atoms with van der Waals surface area (Å²) < 4.78 is 0. The zero-order valence-electron chi connectivity index (χ0n) is 12.4. The average Bonchev–Trinajstić information content (AvgIpc) is 3.04. The maximum absolute atomic E-state index is 12.0. The van der Waals surface area contributed by atoms with Crippen molar-refractivity contribution in [2.45, 2.75) is 0 Å². The van der Waals surface area contributed by atoms with Gasteiger partial charge < -0.3 is 4.90 Å². The van der Waals surface area contributed by atoms with Crippen LogP contribution in [-0.4, -0.2) is 25.9 Å². The van der Waals surface area contributed by atoms with E-state index in [1.807, 2.05) is 42.6 Å². The van der Waals surface area contributed by atoms with Crippen LogP contribution in [0.3, 0.4) is 0 Å². The zero-order chi connectivity index (χ0) is 15.9. The van der Waals surface area contributed by atoms with E-state index < -0.39 is 0 Å². The van der Waals surface area contributed by atoms with Gasteiger partial charge in [0.2, 0.25) is 0 Å². The fourth-order valence-corrected chi connectivity index (χ4v) is 2.32. The molecule has 2 aromatic rings. The summed E-state index contributed by atoms with van der Waals surface area (Å²) in [6.07, 6.45) is 3.07. The van der Waals surface area contributed by atoms with Crippen molar-refractivity contribution in [1.29, 1.82) is 0 Å². The van der Waals surface area contributed by atoms with E-state index in [1.165, 1.54) is 17.4 Å². The van der Waals surface area contributed by atoms with Crippen molar-refractivity contribution in [1.82, 2.24) is 10.9 Å². The Labute approximate surface area is 133 Å². The number of rotatable bonds is 4. The molecule has 114 valence electrons. The minimum Gasteiger partial charge on any atom is -0.378 e. The van der Waals surface area contributed by atoms with Crippen molar-refractivity contribution in [2.24, 2.45) is 0 Å². The van der Waals surface area contributed by atoms with Crippen LogP contribution < -0.4 is 15.8 Å². The molecule has 0 aliphatic carbocycles. The third-order valence-corrected chi connectivity index (χ3v) is 3.70. The van der Waals surface area contributed by atoms with Gasteiger partial charge >= 0.3 is 0 Å². The summed E-state index contributed by atoms with van der Waals surface area (Å²) in [5.41, 5.74) is 6.14. The lowest BCUT2D eigenvalue weighted by molar-refractivity contribution is -0.117. The lowest BCUT2D eigenvalue weighted by Gasteiger charge is -2.13. The van der Waals surface area contributed by atoms with Crippen LogP contribution in [-0.2, 0) is 4.79 Å². The van der Waals surface area contributed by atoms with Crippen molar-refractivity contribution >= 4 is 34.9 Å². The van der Waals surface area contributed by atoms with Crippen molar-refractivity contribution in [3.8, 4) is 0 Å². The highest BCUT2D eigenvalue weighted by Gasteiger charge is 2.07. The van der Waals surface area contributed by atoms with E-state index in [1.54, 1.807) is 24.3 Å². The predicted molar refractivity (Wildman–Crippen MR) is 89.7 cm³/mol. The van der Waals surface area contributed by atoms with Crippen molar-refractivity contribution in [3.05, 3.63) is 58.3 Å². The van der Waals surface area contributed by atoms with Crippen molar-refractivity contribution in [2.75, 3.05) is 19.0 Å². The molecule has 0 unspecified atom stereocenters. The first kappa shape index (κ1) is 15.8. The molecule has 0 radical (unpaired) electrons. The Morgan fingerprint density at radius 2 is 1.95 bits per heavy atom. The Morgan fingerprint density at radius 1 is 1.14 bits per heavy atom. The first-order chi connectivity index (χ1) is 10.6. The van der Waals surface area contributed by atoms with Gasteiger partial charge in [0.15, 0.2) is 0 Å². The number of thiophene rings is 1. The molecule has 0 bridgehead atoms. The summed E-state index contributed by atoms with van der Waals surface area (Å²) in [4.78, 5) is 26.5. The molecular weight excluding hydrogens is 298 g/mol. The smallest absolute Gasteiger partial charge is 0.269 e. The van der Waals surface area contributed by atoms with Crippen molar-refractivity contribution in [3.63, 3.8) is 0 Å². The van der Waals surface area contributed by atoms with Gasteiger partial charge in [-0.15, -0.1) is 11.3 Å². The molecule has 0 aliphatic heterocycles. The number of hydrogen-bond donors (Lipinski definition) is 2. The lowest BCUT2D eigenvalue weighted by Crippen LogP contribution is -2.40. The molecule has 1 aromatic carbocycles. The van der Waals surface area contributed by atoms with Gasteiger partial charge in [0, 0.05) is 36.3 Å². The second kappa shape index (κ2) is 7.42. The average molecular weight is 315 g/mol. The molecular formula is C16H17N3O2S. The number of carbonyl (C=O) groups is 2. The number of carbonyl (C=O) groups excluding carboxylic acids is 2. The number of hydrazine groups is 1. The SMILES string of the molecule is CN(C)c1cccc(C(=O)NNC(=O)/C=C/c2cccs2)c1. The van der Waals surface area contributed by atoms with E-state index in [0.29, 0.717) is 5.56 Å². The zero-order valence-corrected chi connectivity index (χ0v) is 13.2. The van der Waals surface area contributed by atoms with Crippen LogP contribution in [0.1, 0.15) is 15.2 Å². The topological polar surface area (TPSA) is 61.4 Å². The Bertz CT molecular complexity index is 678. The van der Waals surface area contributed by atoms with Gasteiger partial charge in [-0.05, 0) is 35.7 Å². The summed E-state index contributed by atoms with van der Waals surface area (Å²) in [5, 5.41) is 1.93. The van der Waals surface area contributed by atoms with E-state index in [9.17, 15) is 9.59 Å². The van der Waals surface area contributed by atoms with E-state index in [4.69, 9.17) is 0 Å². The molecule has 22 heavy (non-hydrogen) atoms. The molecule has 0 saturated carbocycles. The van der Waals surface area contributed by atoms with Crippen LogP contribution in [0.2, 0.25) is 0 Å². The summed E-state index contributed by atoms with van der Waals surface area (Å²) in [5.74, 6) is -0.743. The third kappa shape index (κ3) is 4.46. The standard InChI is InChI=1S/C16H17N3O2S/c1-19(2)13-6-3-5-12(11-13)16(21)18-17-15(20)9-8-14-7-4-10-22-14/h3-11H,1-2H3,(H,17,20)(H,18,21)/b9-8+. The number of anilines is 1. The summed E-state index contributed by atoms with van der Waals surface area (Å²) in [6.45, 7) is 0. The van der Waals surface area contributed by atoms with E-state index in [0.717, 1.165) is 10.6 Å². The van der Waals surface area contributed by atoms with Crippen LogP contribution in [0.25, 0.3) is 6.08 Å². The quantitative estimate of drug-likeness (QED) is 0.672. The van der Waals surface area contributed by atoms with Gasteiger partial charge in [-0.1, -0.05) is 12.1 Å². The fourth-order valence-electron chi connectivity index (χ4n) is 1.70. The monoisotopic (exact) mass is 315 g/mol. The van der Waals surface area contributed by atoms with Gasteiger partial charge in [0.1, 0.15) is 0 Å². The lowest BCUT2D eigenvalue weighted by atomic mass is 10.2. The first-order valence-corrected chi connectivity index (χ1v) is 7.53. The Balaban J connectivity index is 1.89. The largest absolute Gasteiger partial charge is 0.378 e. The summed E-state index contributed by atoms with van der Waals surface area (Å²) >= 11 is 1.53. The number of nitrogens with one attached hydrogen (secondary N) is 2. The van der Waals surface area contributed by atoms with Crippen LogP contribution in [0.5, 0.6) is 0 Å². The first-order valence-electron chi connectivity index (χ1n) is 6.65. The predicted octanol–water partition coefficient (Wildman–Crippen LogP) is 2.29. The highest BCUT2D eigenvalue weighted by atomic mass is 32.1. The molecule has 2 N–H and O–H groups in total. The minimum atomic E-state index is -0.384. The molecule has 0 atom stereocenters. The van der Waals surface area contributed by atoms with Crippen LogP contribution in [0, 0.1) is 0 Å². The molecule has 0 saturated heterocycles. The molecule has 5 nitrogen and oxygen atoms in total. The van der Waals surface area contributed by atoms with Gasteiger partial charge in [-0.2, -0.15) is 0 Å². The fraction of sp³-hybridized carbons (Fsp3) is 0.125. The molecule has 1 aromatic heterocycles. The van der Waals surface area contributed by atoms with Crippen molar-refractivity contribution < 1.29 is 9.59 Å².